The zero-order valence-electron chi connectivity index (χ0n) is 8.10. The number of carboxylic acids is 2. The van der Waals surface area contributed by atoms with E-state index in [1.165, 1.54) is 0 Å². The van der Waals surface area contributed by atoms with Crippen LogP contribution in [0.15, 0.2) is 0 Å². The molecule has 1 atom stereocenters. The summed E-state index contributed by atoms with van der Waals surface area (Å²) in [6.45, 7) is 3.05. The number of aliphatic carboxylic acids is 2. The zero-order chi connectivity index (χ0) is 11.9. The quantitative estimate of drug-likeness (QED) is 0.397. The van der Waals surface area contributed by atoms with Crippen molar-refractivity contribution in [3.8, 4) is 0 Å². The molecule has 0 spiro atoms. The maximum Gasteiger partial charge on any atom is 0.321 e. The Morgan fingerprint density at radius 2 is 1.71 bits per heavy atom. The highest BCUT2D eigenvalue weighted by Gasteiger charge is 2.27. The van der Waals surface area contributed by atoms with E-state index in [9.17, 15) is 9.59 Å². The number of hydrogen-bond donors (Lipinski definition) is 5. The minimum absolute atomic E-state index is 0.278. The van der Waals surface area contributed by atoms with Crippen LogP contribution in [-0.4, -0.2) is 39.5 Å². The molecule has 0 heterocycles. The molecule has 0 amide bonds. The van der Waals surface area contributed by atoms with E-state index in [0.717, 1.165) is 0 Å². The molecular weight excluding hydrogens is 208 g/mol. The number of hydrogen-bond acceptors (Lipinski definition) is 5. The average Bonchev–Trinajstić information content (AvgIpc) is 2.02. The summed E-state index contributed by atoms with van der Waals surface area (Å²) >= 11 is 3.98. The molecule has 0 bridgehead atoms. The summed E-state index contributed by atoms with van der Waals surface area (Å²) in [5.41, 5.74) is 9.79. The highest BCUT2D eigenvalue weighted by atomic mass is 32.1. The van der Waals surface area contributed by atoms with Crippen molar-refractivity contribution < 1.29 is 19.8 Å². The third-order valence-electron chi connectivity index (χ3n) is 1.20. The van der Waals surface area contributed by atoms with E-state index in [2.05, 4.69) is 18.4 Å². The van der Waals surface area contributed by atoms with Crippen molar-refractivity contribution in [1.29, 1.82) is 0 Å². The van der Waals surface area contributed by atoms with Gasteiger partial charge in [-0.25, -0.2) is 0 Å². The molecular formula is C7H16N2O4S. The van der Waals surface area contributed by atoms with Gasteiger partial charge in [0.25, 0.3) is 0 Å². The lowest BCUT2D eigenvalue weighted by Crippen LogP contribution is -2.45. The normalized spacial score (nSPS) is 12.4. The van der Waals surface area contributed by atoms with Crippen LogP contribution in [-0.2, 0) is 9.59 Å². The van der Waals surface area contributed by atoms with Gasteiger partial charge in [-0.05, 0) is 13.8 Å². The first-order valence-electron chi connectivity index (χ1n) is 3.75. The summed E-state index contributed by atoms with van der Waals surface area (Å²) < 4.78 is -0.647. The predicted octanol–water partition coefficient (Wildman–Crippen LogP) is -0.864. The first kappa shape index (κ1) is 15.7. The molecule has 0 fully saturated rings. The molecule has 0 rings (SSSR count). The van der Waals surface area contributed by atoms with Crippen molar-refractivity contribution in [3.63, 3.8) is 0 Å². The molecule has 0 aromatic carbocycles. The van der Waals surface area contributed by atoms with Crippen LogP contribution in [0.2, 0.25) is 0 Å². The van der Waals surface area contributed by atoms with Crippen LogP contribution in [0.25, 0.3) is 0 Å². The standard InChI is InChI=1S/C5H11NO2S.C2H5NO2/c1-5(2,9)3(6)4(7)8;3-1-2(4)5/h3,9H,6H2,1-2H3,(H,7,8);1,3H2,(H,4,5)/t3-;/m1./s1. The van der Waals surface area contributed by atoms with Gasteiger partial charge in [-0.3, -0.25) is 9.59 Å². The molecule has 0 aromatic rings. The molecule has 0 aliphatic carbocycles. The molecule has 0 saturated carbocycles. The van der Waals surface area contributed by atoms with Crippen LogP contribution >= 0.6 is 12.6 Å². The van der Waals surface area contributed by atoms with Crippen LogP contribution in [0, 0.1) is 0 Å². The van der Waals surface area contributed by atoms with Crippen molar-refractivity contribution in [3.05, 3.63) is 0 Å². The van der Waals surface area contributed by atoms with Gasteiger partial charge < -0.3 is 21.7 Å². The zero-order valence-corrected chi connectivity index (χ0v) is 8.99. The molecule has 0 radical (unpaired) electrons. The molecule has 0 aliphatic rings. The average molecular weight is 224 g/mol. The lowest BCUT2D eigenvalue weighted by Gasteiger charge is -2.21. The molecule has 0 aliphatic heterocycles. The van der Waals surface area contributed by atoms with E-state index in [0.29, 0.717) is 0 Å². The fraction of sp³-hybridized carbons (Fsp3) is 0.714. The Bertz CT molecular complexity index is 202. The Morgan fingerprint density at radius 3 is 1.71 bits per heavy atom. The Hall–Kier alpha value is -0.790. The summed E-state index contributed by atoms with van der Waals surface area (Å²) in [5, 5.41) is 15.9. The van der Waals surface area contributed by atoms with Gasteiger partial charge in [-0.2, -0.15) is 12.6 Å². The van der Waals surface area contributed by atoms with E-state index in [1.807, 2.05) is 0 Å². The smallest absolute Gasteiger partial charge is 0.321 e. The van der Waals surface area contributed by atoms with Crippen molar-refractivity contribution in [1.82, 2.24) is 0 Å². The molecule has 7 heteroatoms. The maximum absolute atomic E-state index is 10.2. The fourth-order valence-corrected chi connectivity index (χ4v) is 0.413. The third-order valence-corrected chi connectivity index (χ3v) is 1.48. The molecule has 14 heavy (non-hydrogen) atoms. The van der Waals surface area contributed by atoms with E-state index in [-0.39, 0.29) is 6.54 Å². The van der Waals surface area contributed by atoms with Crippen LogP contribution in [0.3, 0.4) is 0 Å². The van der Waals surface area contributed by atoms with Gasteiger partial charge in [0.05, 0.1) is 6.54 Å². The first-order chi connectivity index (χ1) is 6.12. The summed E-state index contributed by atoms with van der Waals surface area (Å²) in [4.78, 5) is 19.4. The Labute approximate surface area is 87.7 Å². The molecule has 84 valence electrons. The van der Waals surface area contributed by atoms with Crippen molar-refractivity contribution in [2.75, 3.05) is 6.54 Å². The van der Waals surface area contributed by atoms with Crippen LogP contribution in [0.5, 0.6) is 0 Å². The minimum atomic E-state index is -1.02. The number of carbonyl (C=O) groups is 2. The lowest BCUT2D eigenvalue weighted by molar-refractivity contribution is -0.139. The summed E-state index contributed by atoms with van der Waals surface area (Å²) in [7, 11) is 0. The van der Waals surface area contributed by atoms with Crippen LogP contribution < -0.4 is 11.5 Å². The molecule has 6 N–H and O–H groups in total. The maximum atomic E-state index is 10.2. The van der Waals surface area contributed by atoms with Crippen LogP contribution in [0.1, 0.15) is 13.8 Å². The van der Waals surface area contributed by atoms with Gasteiger partial charge in [0.15, 0.2) is 0 Å². The molecule has 0 unspecified atom stereocenters. The number of rotatable bonds is 3. The van der Waals surface area contributed by atoms with Crippen molar-refractivity contribution in [2.45, 2.75) is 24.6 Å². The SMILES string of the molecule is CC(C)(S)[C@H](N)C(=O)O.NCC(=O)O. The van der Waals surface area contributed by atoms with Crippen molar-refractivity contribution >= 4 is 24.6 Å². The number of carboxylic acid groups (broad SMARTS) is 2. The summed E-state index contributed by atoms with van der Waals surface area (Å²) in [6.07, 6.45) is 0. The van der Waals surface area contributed by atoms with Crippen molar-refractivity contribution in [2.24, 2.45) is 11.5 Å². The van der Waals surface area contributed by atoms with Gasteiger partial charge in [0.1, 0.15) is 6.04 Å². The Morgan fingerprint density at radius 1 is 1.43 bits per heavy atom. The summed E-state index contributed by atoms with van der Waals surface area (Å²) in [6, 6.07) is -0.902. The van der Waals surface area contributed by atoms with E-state index in [4.69, 9.17) is 15.9 Å². The van der Waals surface area contributed by atoms with E-state index >= 15 is 0 Å². The highest BCUT2D eigenvalue weighted by Crippen LogP contribution is 2.15. The first-order valence-corrected chi connectivity index (χ1v) is 4.20. The number of nitrogens with two attached hydrogens (primary N) is 2. The molecule has 6 nitrogen and oxygen atoms in total. The molecule has 0 saturated heterocycles. The van der Waals surface area contributed by atoms with Gasteiger partial charge in [0, 0.05) is 4.75 Å². The second-order valence-electron chi connectivity index (χ2n) is 3.07. The number of thiol groups is 1. The lowest BCUT2D eigenvalue weighted by atomic mass is 10.1. The van der Waals surface area contributed by atoms with Crippen LogP contribution in [0.4, 0.5) is 0 Å². The second kappa shape index (κ2) is 6.63. The van der Waals surface area contributed by atoms with Gasteiger partial charge in [-0.15, -0.1) is 0 Å². The van der Waals surface area contributed by atoms with Gasteiger partial charge in [0.2, 0.25) is 0 Å². The topological polar surface area (TPSA) is 127 Å². The fourth-order valence-electron chi connectivity index (χ4n) is 0.302. The largest absolute Gasteiger partial charge is 0.480 e. The third kappa shape index (κ3) is 9.30. The van der Waals surface area contributed by atoms with E-state index < -0.39 is 22.7 Å². The predicted molar refractivity (Wildman–Crippen MR) is 55.4 cm³/mol. The Balaban J connectivity index is 0. The highest BCUT2D eigenvalue weighted by molar-refractivity contribution is 7.81. The second-order valence-corrected chi connectivity index (χ2v) is 4.22. The molecule has 0 aromatic heterocycles. The summed E-state index contributed by atoms with van der Waals surface area (Å²) in [5.74, 6) is -1.99. The Kier molecular flexibility index (Phi) is 7.42. The minimum Gasteiger partial charge on any atom is -0.480 e. The van der Waals surface area contributed by atoms with Gasteiger partial charge >= 0.3 is 11.9 Å². The van der Waals surface area contributed by atoms with Gasteiger partial charge in [-0.1, -0.05) is 0 Å². The monoisotopic (exact) mass is 224 g/mol. The van der Waals surface area contributed by atoms with E-state index in [1.54, 1.807) is 13.8 Å².